The summed E-state index contributed by atoms with van der Waals surface area (Å²) >= 11 is 6.33. The minimum absolute atomic E-state index is 0.0183. The maximum absolute atomic E-state index is 13.8. The van der Waals surface area contributed by atoms with E-state index in [1.54, 1.807) is 12.1 Å². The number of hydrogen-bond acceptors (Lipinski definition) is 4. The summed E-state index contributed by atoms with van der Waals surface area (Å²) in [6.07, 6.45) is 2.77. The molecule has 0 unspecified atom stereocenters. The largest absolute Gasteiger partial charge is 0.451 e. The summed E-state index contributed by atoms with van der Waals surface area (Å²) in [5.41, 5.74) is 1.54. The third kappa shape index (κ3) is 4.48. The van der Waals surface area contributed by atoms with E-state index in [2.05, 4.69) is 15.3 Å². The van der Waals surface area contributed by atoms with Gasteiger partial charge in [-0.1, -0.05) is 37.6 Å². The Bertz CT molecular complexity index is 1020. The van der Waals surface area contributed by atoms with Crippen molar-refractivity contribution in [2.24, 2.45) is 0 Å². The average molecular weight is 440 g/mol. The number of aromatic nitrogens is 2. The molecule has 0 aliphatic heterocycles. The third-order valence-electron chi connectivity index (χ3n) is 4.49. The molecular formula is C21H18ClF4N3O. The fourth-order valence-corrected chi connectivity index (χ4v) is 3.15. The first-order valence-electron chi connectivity index (χ1n) is 9.22. The number of halogens is 5. The minimum Gasteiger partial charge on any atom is -0.451 e. The fraction of sp³-hybridized carbons (Fsp3) is 0.238. The summed E-state index contributed by atoms with van der Waals surface area (Å²) < 4.78 is 59.3. The normalized spacial score (nSPS) is 12.0. The number of benzene rings is 2. The van der Waals surface area contributed by atoms with Crippen molar-refractivity contribution in [3.8, 4) is 11.5 Å². The van der Waals surface area contributed by atoms with Crippen LogP contribution in [0.4, 0.5) is 23.4 Å². The summed E-state index contributed by atoms with van der Waals surface area (Å²) in [5, 5.41) is 3.69. The van der Waals surface area contributed by atoms with Crippen molar-refractivity contribution in [1.29, 1.82) is 0 Å². The van der Waals surface area contributed by atoms with E-state index in [0.717, 1.165) is 11.3 Å². The van der Waals surface area contributed by atoms with E-state index in [1.807, 2.05) is 13.8 Å². The van der Waals surface area contributed by atoms with Crippen molar-refractivity contribution in [1.82, 2.24) is 9.97 Å². The molecule has 1 aromatic heterocycles. The van der Waals surface area contributed by atoms with Gasteiger partial charge in [0.05, 0.1) is 11.7 Å². The first-order valence-corrected chi connectivity index (χ1v) is 9.60. The van der Waals surface area contributed by atoms with Gasteiger partial charge in [-0.3, -0.25) is 0 Å². The number of anilines is 1. The van der Waals surface area contributed by atoms with Crippen LogP contribution >= 0.6 is 11.6 Å². The highest BCUT2D eigenvalue weighted by molar-refractivity contribution is 6.33. The van der Waals surface area contributed by atoms with Crippen LogP contribution in [0.15, 0.2) is 36.7 Å². The number of rotatable bonds is 7. The van der Waals surface area contributed by atoms with Crippen LogP contribution in [0.2, 0.25) is 5.02 Å². The molecule has 0 saturated heterocycles. The van der Waals surface area contributed by atoms with Crippen molar-refractivity contribution < 1.29 is 22.3 Å². The predicted octanol–water partition coefficient (Wildman–Crippen LogP) is 6.60. The first kappa shape index (κ1) is 21.8. The molecule has 9 heteroatoms. The Morgan fingerprint density at radius 1 is 1.00 bits per heavy atom. The summed E-state index contributed by atoms with van der Waals surface area (Å²) in [6.45, 7) is 3.89. The number of hydrogen-bond donors (Lipinski definition) is 1. The lowest BCUT2D eigenvalue weighted by Crippen LogP contribution is -2.12. The summed E-state index contributed by atoms with van der Waals surface area (Å²) in [7, 11) is 0. The van der Waals surface area contributed by atoms with Gasteiger partial charge in [0.2, 0.25) is 17.4 Å². The van der Waals surface area contributed by atoms with Crippen molar-refractivity contribution >= 4 is 17.4 Å². The maximum Gasteiger partial charge on any atom is 0.204 e. The molecule has 2 aromatic carbocycles. The molecule has 0 spiro atoms. The molecule has 1 atom stereocenters. The lowest BCUT2D eigenvalue weighted by molar-refractivity contribution is 0.366. The Kier molecular flexibility index (Phi) is 6.77. The molecule has 4 nitrogen and oxygen atoms in total. The molecule has 158 valence electrons. The van der Waals surface area contributed by atoms with E-state index in [-0.39, 0.29) is 17.9 Å². The van der Waals surface area contributed by atoms with E-state index >= 15 is 0 Å². The zero-order valence-corrected chi connectivity index (χ0v) is 16.9. The average Bonchev–Trinajstić information content (AvgIpc) is 2.75. The second-order valence-corrected chi connectivity index (χ2v) is 6.79. The second kappa shape index (κ2) is 9.30. The van der Waals surface area contributed by atoms with E-state index in [4.69, 9.17) is 16.3 Å². The molecule has 0 radical (unpaired) electrons. The SMILES string of the molecule is CCc1ncnc(N[C@@H](CC)c2ccc(Oc3c(F)c(F)cc(F)c3F)cc2)c1Cl. The molecule has 0 aliphatic rings. The van der Waals surface area contributed by atoms with Crippen molar-refractivity contribution in [3.05, 3.63) is 76.2 Å². The molecule has 1 heterocycles. The number of aryl methyl sites for hydroxylation is 1. The topological polar surface area (TPSA) is 47.0 Å². The van der Waals surface area contributed by atoms with Crippen LogP contribution in [0.5, 0.6) is 11.5 Å². The fourth-order valence-electron chi connectivity index (χ4n) is 2.87. The highest BCUT2D eigenvalue weighted by Crippen LogP contribution is 2.33. The van der Waals surface area contributed by atoms with Crippen LogP contribution in [0, 0.1) is 23.3 Å². The van der Waals surface area contributed by atoms with Gasteiger partial charge >= 0.3 is 0 Å². The van der Waals surface area contributed by atoms with Crippen LogP contribution in [-0.4, -0.2) is 9.97 Å². The van der Waals surface area contributed by atoms with Crippen molar-refractivity contribution in [2.75, 3.05) is 5.32 Å². The zero-order valence-electron chi connectivity index (χ0n) is 16.1. The quantitative estimate of drug-likeness (QED) is 0.332. The molecule has 0 saturated carbocycles. The molecule has 30 heavy (non-hydrogen) atoms. The van der Waals surface area contributed by atoms with Gasteiger partial charge in [0.25, 0.3) is 0 Å². The standard InChI is InChI=1S/C21H18ClF4N3O/c1-3-15(29-21-17(22)16(4-2)27-10-28-21)11-5-7-12(8-6-11)30-20-18(25)13(23)9-14(24)19(20)26/h5-10,15H,3-4H2,1-2H3,(H,27,28,29)/t15-/m0/s1. The summed E-state index contributed by atoms with van der Waals surface area (Å²) in [5.74, 6) is -6.90. The number of nitrogens with one attached hydrogen (secondary N) is 1. The number of nitrogens with zero attached hydrogens (tertiary/aromatic N) is 2. The molecular weight excluding hydrogens is 422 g/mol. The molecule has 0 bridgehead atoms. The highest BCUT2D eigenvalue weighted by Gasteiger charge is 2.21. The van der Waals surface area contributed by atoms with Gasteiger partial charge in [-0.15, -0.1) is 0 Å². The highest BCUT2D eigenvalue weighted by atomic mass is 35.5. The Morgan fingerprint density at radius 3 is 2.20 bits per heavy atom. The molecule has 1 N–H and O–H groups in total. The lowest BCUT2D eigenvalue weighted by atomic mass is 10.0. The maximum atomic E-state index is 13.8. The van der Waals surface area contributed by atoms with Crippen LogP contribution < -0.4 is 10.1 Å². The summed E-state index contributed by atoms with van der Waals surface area (Å²) in [6, 6.07) is 6.17. The molecule has 0 amide bonds. The smallest absolute Gasteiger partial charge is 0.204 e. The molecule has 0 aliphatic carbocycles. The summed E-state index contributed by atoms with van der Waals surface area (Å²) in [4.78, 5) is 8.30. The van der Waals surface area contributed by atoms with E-state index < -0.39 is 29.0 Å². The van der Waals surface area contributed by atoms with Crippen molar-refractivity contribution in [3.63, 3.8) is 0 Å². The van der Waals surface area contributed by atoms with E-state index in [9.17, 15) is 17.6 Å². The Hall–Kier alpha value is -2.87. The van der Waals surface area contributed by atoms with Gasteiger partial charge in [-0.2, -0.15) is 8.78 Å². The molecule has 3 aromatic rings. The van der Waals surface area contributed by atoms with E-state index in [0.29, 0.717) is 23.7 Å². The Labute approximate surface area is 175 Å². The predicted molar refractivity (Wildman–Crippen MR) is 106 cm³/mol. The lowest BCUT2D eigenvalue weighted by Gasteiger charge is -2.19. The van der Waals surface area contributed by atoms with Crippen LogP contribution in [0.1, 0.15) is 37.6 Å². The van der Waals surface area contributed by atoms with Gasteiger partial charge < -0.3 is 10.1 Å². The van der Waals surface area contributed by atoms with Crippen molar-refractivity contribution in [2.45, 2.75) is 32.7 Å². The Balaban J connectivity index is 1.81. The molecule has 3 rings (SSSR count). The van der Waals surface area contributed by atoms with Gasteiger partial charge in [0, 0.05) is 6.07 Å². The monoisotopic (exact) mass is 439 g/mol. The molecule has 0 fully saturated rings. The van der Waals surface area contributed by atoms with E-state index in [1.165, 1.54) is 18.5 Å². The third-order valence-corrected chi connectivity index (χ3v) is 4.89. The minimum atomic E-state index is -1.60. The van der Waals surface area contributed by atoms with Crippen LogP contribution in [0.3, 0.4) is 0 Å². The van der Waals surface area contributed by atoms with Crippen LogP contribution in [-0.2, 0) is 6.42 Å². The van der Waals surface area contributed by atoms with Gasteiger partial charge in [-0.05, 0) is 30.5 Å². The van der Waals surface area contributed by atoms with Gasteiger partial charge in [0.1, 0.15) is 22.9 Å². The Morgan fingerprint density at radius 2 is 1.63 bits per heavy atom. The second-order valence-electron chi connectivity index (χ2n) is 6.41. The van der Waals surface area contributed by atoms with Gasteiger partial charge in [-0.25, -0.2) is 18.7 Å². The van der Waals surface area contributed by atoms with Crippen LogP contribution in [0.25, 0.3) is 0 Å². The zero-order chi connectivity index (χ0) is 21.8. The number of ether oxygens (including phenoxy) is 1. The van der Waals surface area contributed by atoms with Gasteiger partial charge in [0.15, 0.2) is 11.6 Å². The first-order chi connectivity index (χ1) is 14.3.